The van der Waals surface area contributed by atoms with Gasteiger partial charge >= 0.3 is 23.9 Å². The van der Waals surface area contributed by atoms with Crippen molar-refractivity contribution in [1.82, 2.24) is 0 Å². The molecule has 0 unspecified atom stereocenters. The number of carbonyl (C=O) groups excluding carboxylic acids is 4. The van der Waals surface area contributed by atoms with Crippen LogP contribution in [0, 0.1) is 0 Å². The molecular formula is C26H36O11. The molecule has 0 aliphatic carbocycles. The fraction of sp³-hybridized carbons (Fsp3) is 0.615. The van der Waals surface area contributed by atoms with E-state index in [4.69, 9.17) is 33.2 Å². The highest BCUT2D eigenvalue weighted by atomic mass is 16.7. The van der Waals surface area contributed by atoms with Gasteiger partial charge in [0.2, 0.25) is 12.4 Å². The second-order valence-corrected chi connectivity index (χ2v) is 8.57. The fourth-order valence-electron chi connectivity index (χ4n) is 3.75. The number of rotatable bonds is 13. The Morgan fingerprint density at radius 3 is 1.86 bits per heavy atom. The largest absolute Gasteiger partial charge is 0.494 e. The summed E-state index contributed by atoms with van der Waals surface area (Å²) in [6.07, 6.45) is -1.85. The lowest BCUT2D eigenvalue weighted by Gasteiger charge is -2.43. The van der Waals surface area contributed by atoms with Gasteiger partial charge in [-0.25, -0.2) is 0 Å². The lowest BCUT2D eigenvalue weighted by atomic mass is 9.98. The summed E-state index contributed by atoms with van der Waals surface area (Å²) in [6, 6.07) is 6.74. The van der Waals surface area contributed by atoms with Gasteiger partial charge in [0.1, 0.15) is 24.2 Å². The van der Waals surface area contributed by atoms with Gasteiger partial charge in [0.05, 0.1) is 6.61 Å². The van der Waals surface area contributed by atoms with Gasteiger partial charge in [-0.2, -0.15) is 0 Å². The molecule has 1 aliphatic rings. The Morgan fingerprint density at radius 1 is 0.730 bits per heavy atom. The predicted molar refractivity (Wildman–Crippen MR) is 129 cm³/mol. The third kappa shape index (κ3) is 10.3. The van der Waals surface area contributed by atoms with Gasteiger partial charge in [0.15, 0.2) is 12.2 Å². The average Bonchev–Trinajstić information content (AvgIpc) is 2.81. The van der Waals surface area contributed by atoms with E-state index in [1.165, 1.54) is 13.8 Å². The van der Waals surface area contributed by atoms with Crippen molar-refractivity contribution in [1.29, 1.82) is 0 Å². The first kappa shape index (κ1) is 29.9. The highest BCUT2D eigenvalue weighted by Gasteiger charge is 2.53. The van der Waals surface area contributed by atoms with Crippen LogP contribution in [0.15, 0.2) is 24.3 Å². The monoisotopic (exact) mass is 524 g/mol. The molecule has 1 heterocycles. The molecule has 0 spiro atoms. The molecule has 1 aromatic carbocycles. The van der Waals surface area contributed by atoms with Crippen molar-refractivity contribution in [3.8, 4) is 11.5 Å². The van der Waals surface area contributed by atoms with Crippen LogP contribution >= 0.6 is 0 Å². The van der Waals surface area contributed by atoms with Crippen molar-refractivity contribution in [3.63, 3.8) is 0 Å². The summed E-state index contributed by atoms with van der Waals surface area (Å²) in [6.45, 7) is 7.10. The zero-order valence-electron chi connectivity index (χ0n) is 21.9. The molecule has 1 aliphatic heterocycles. The van der Waals surface area contributed by atoms with E-state index in [2.05, 4.69) is 6.92 Å². The van der Waals surface area contributed by atoms with Crippen LogP contribution in [0.5, 0.6) is 11.5 Å². The second kappa shape index (κ2) is 15.0. The molecule has 37 heavy (non-hydrogen) atoms. The molecule has 11 nitrogen and oxygen atoms in total. The minimum atomic E-state index is -1.30. The molecule has 11 heteroatoms. The molecular weight excluding hydrogens is 488 g/mol. The summed E-state index contributed by atoms with van der Waals surface area (Å²) in [4.78, 5) is 47.1. The van der Waals surface area contributed by atoms with Crippen LogP contribution < -0.4 is 9.47 Å². The van der Waals surface area contributed by atoms with Crippen LogP contribution in [0.25, 0.3) is 0 Å². The van der Waals surface area contributed by atoms with Gasteiger partial charge in [-0.1, -0.05) is 26.2 Å². The molecule has 0 radical (unpaired) electrons. The first-order chi connectivity index (χ1) is 17.6. The van der Waals surface area contributed by atoms with E-state index < -0.39 is 54.6 Å². The number of carbonyl (C=O) groups is 4. The van der Waals surface area contributed by atoms with Crippen molar-refractivity contribution in [2.45, 2.75) is 91.0 Å². The zero-order valence-corrected chi connectivity index (χ0v) is 21.9. The predicted octanol–water partition coefficient (Wildman–Crippen LogP) is 3.11. The molecule has 1 saturated heterocycles. The van der Waals surface area contributed by atoms with Crippen molar-refractivity contribution in [2.75, 3.05) is 13.2 Å². The number of benzene rings is 1. The average molecular weight is 525 g/mol. The Hall–Kier alpha value is -3.34. The van der Waals surface area contributed by atoms with E-state index in [0.717, 1.165) is 39.5 Å². The standard InChI is InChI=1S/C26H36O11/c1-6-7-8-9-14-31-20-10-12-21(13-11-20)36-26-25(35-19(5)30)24(34-18(4)29)23(33-17(3)28)22(37-26)15-32-16(2)27/h10-13,22-26H,6-9,14-15H2,1-5H3/t22-,23+,24+,25+,26-/m0/s1. The van der Waals surface area contributed by atoms with E-state index in [1.807, 2.05) is 0 Å². The van der Waals surface area contributed by atoms with Crippen LogP contribution in [-0.2, 0) is 42.9 Å². The molecule has 0 amide bonds. The van der Waals surface area contributed by atoms with E-state index in [0.29, 0.717) is 18.1 Å². The van der Waals surface area contributed by atoms with Gasteiger partial charge in [-0.15, -0.1) is 0 Å². The lowest BCUT2D eigenvalue weighted by Crippen LogP contribution is -2.63. The van der Waals surface area contributed by atoms with Crippen LogP contribution in [0.1, 0.15) is 60.3 Å². The van der Waals surface area contributed by atoms with E-state index in [9.17, 15) is 19.2 Å². The molecule has 0 saturated carbocycles. The Labute approximate surface area is 216 Å². The summed E-state index contributed by atoms with van der Waals surface area (Å²) in [5, 5.41) is 0. The summed E-state index contributed by atoms with van der Waals surface area (Å²) >= 11 is 0. The van der Waals surface area contributed by atoms with Gasteiger partial charge < -0.3 is 33.2 Å². The van der Waals surface area contributed by atoms with E-state index in [-0.39, 0.29) is 6.61 Å². The Bertz CT molecular complexity index is 898. The molecule has 1 aromatic rings. The summed E-state index contributed by atoms with van der Waals surface area (Å²) in [5.41, 5.74) is 0. The van der Waals surface area contributed by atoms with Crippen LogP contribution in [0.3, 0.4) is 0 Å². The molecule has 5 atom stereocenters. The SMILES string of the molecule is CCCCCCOc1ccc(O[C@H]2O[C@@H](COC(C)=O)[C@@H](OC(C)=O)[C@@H](OC(C)=O)[C@H]2OC(C)=O)cc1. The van der Waals surface area contributed by atoms with Crippen molar-refractivity contribution in [2.24, 2.45) is 0 Å². The van der Waals surface area contributed by atoms with Crippen LogP contribution in [-0.4, -0.2) is 67.8 Å². The van der Waals surface area contributed by atoms with Gasteiger partial charge in [0, 0.05) is 27.7 Å². The molecule has 0 aromatic heterocycles. The number of esters is 4. The topological polar surface area (TPSA) is 133 Å². The second-order valence-electron chi connectivity index (χ2n) is 8.57. The van der Waals surface area contributed by atoms with Gasteiger partial charge in [0.25, 0.3) is 0 Å². The molecule has 1 fully saturated rings. The Morgan fingerprint density at radius 2 is 1.30 bits per heavy atom. The minimum absolute atomic E-state index is 0.331. The maximum absolute atomic E-state index is 11.9. The third-order valence-electron chi connectivity index (χ3n) is 5.29. The van der Waals surface area contributed by atoms with Crippen molar-refractivity contribution < 1.29 is 52.3 Å². The maximum Gasteiger partial charge on any atom is 0.303 e. The van der Waals surface area contributed by atoms with E-state index in [1.54, 1.807) is 24.3 Å². The molecule has 2 rings (SSSR count). The van der Waals surface area contributed by atoms with Crippen molar-refractivity contribution in [3.05, 3.63) is 24.3 Å². The number of unbranched alkanes of at least 4 members (excludes halogenated alkanes) is 3. The lowest BCUT2D eigenvalue weighted by molar-refractivity contribution is -0.288. The first-order valence-electron chi connectivity index (χ1n) is 12.3. The minimum Gasteiger partial charge on any atom is -0.494 e. The summed E-state index contributed by atoms with van der Waals surface area (Å²) in [7, 11) is 0. The summed E-state index contributed by atoms with van der Waals surface area (Å²) in [5.74, 6) is -1.72. The number of ether oxygens (including phenoxy) is 7. The highest BCUT2D eigenvalue weighted by molar-refractivity contribution is 5.68. The molecule has 206 valence electrons. The molecule has 0 N–H and O–H groups in total. The number of hydrogen-bond donors (Lipinski definition) is 0. The van der Waals surface area contributed by atoms with Crippen LogP contribution in [0.4, 0.5) is 0 Å². The Balaban J connectivity index is 2.26. The molecule has 0 bridgehead atoms. The van der Waals surface area contributed by atoms with Gasteiger partial charge in [-0.3, -0.25) is 19.2 Å². The van der Waals surface area contributed by atoms with E-state index >= 15 is 0 Å². The third-order valence-corrected chi connectivity index (χ3v) is 5.29. The van der Waals surface area contributed by atoms with Crippen molar-refractivity contribution >= 4 is 23.9 Å². The van der Waals surface area contributed by atoms with Gasteiger partial charge in [-0.05, 0) is 30.7 Å². The Kier molecular flexibility index (Phi) is 12.1. The zero-order chi connectivity index (χ0) is 27.4. The fourth-order valence-corrected chi connectivity index (χ4v) is 3.75. The summed E-state index contributed by atoms with van der Waals surface area (Å²) < 4.78 is 38.8. The highest BCUT2D eigenvalue weighted by Crippen LogP contribution is 2.31. The smallest absolute Gasteiger partial charge is 0.303 e. The number of hydrogen-bond acceptors (Lipinski definition) is 11. The maximum atomic E-state index is 11.9. The normalized spacial score (nSPS) is 22.9. The quantitative estimate of drug-likeness (QED) is 0.214. The van der Waals surface area contributed by atoms with Crippen LogP contribution in [0.2, 0.25) is 0 Å². The first-order valence-corrected chi connectivity index (χ1v) is 12.3.